The number of carbonyl (C=O) groups excluding carboxylic acids is 1. The number of benzene rings is 1. The quantitative estimate of drug-likeness (QED) is 0.850. The molecule has 3 nitrogen and oxygen atoms in total. The Kier molecular flexibility index (Phi) is 3.53. The minimum Gasteiger partial charge on any atom is -0.322 e. The molecule has 2 rings (SSSR count). The van der Waals surface area contributed by atoms with Crippen LogP contribution < -0.4 is 5.32 Å². The summed E-state index contributed by atoms with van der Waals surface area (Å²) >= 11 is 5.54. The average Bonchev–Trinajstić information content (AvgIpc) is 2.37. The third-order valence-electron chi connectivity index (χ3n) is 2.19. The lowest BCUT2D eigenvalue weighted by Crippen LogP contribution is -2.14. The molecule has 0 aliphatic rings. The van der Waals surface area contributed by atoms with Gasteiger partial charge in [0.05, 0.1) is 10.6 Å². The Bertz CT molecular complexity index is 590. The van der Waals surface area contributed by atoms with Gasteiger partial charge in [-0.1, -0.05) is 29.8 Å². The molecular weight excluding hydrogens is 262 g/mol. The summed E-state index contributed by atoms with van der Waals surface area (Å²) in [5.41, 5.74) is 0.294. The van der Waals surface area contributed by atoms with Crippen LogP contribution in [0, 0.1) is 11.8 Å². The monoisotopic (exact) mass is 268 g/mol. The summed E-state index contributed by atoms with van der Waals surface area (Å²) in [5.74, 6) is -3.33. The highest BCUT2D eigenvalue weighted by atomic mass is 35.5. The average molecular weight is 269 g/mol. The van der Waals surface area contributed by atoms with E-state index in [1.807, 2.05) is 0 Å². The van der Waals surface area contributed by atoms with Gasteiger partial charge in [0.25, 0.3) is 11.9 Å². The SMILES string of the molecule is O=C(Nc1ccccc1)c1cnc(F)c(F)c1Cl. The van der Waals surface area contributed by atoms with Crippen molar-refractivity contribution in [1.82, 2.24) is 4.98 Å². The zero-order valence-corrected chi connectivity index (χ0v) is 9.71. The van der Waals surface area contributed by atoms with Gasteiger partial charge in [-0.05, 0) is 12.1 Å². The maximum atomic E-state index is 13.1. The predicted molar refractivity (Wildman–Crippen MR) is 63.6 cm³/mol. The lowest BCUT2D eigenvalue weighted by atomic mass is 10.2. The molecule has 0 unspecified atom stereocenters. The molecule has 1 aromatic heterocycles. The topological polar surface area (TPSA) is 42.0 Å². The van der Waals surface area contributed by atoms with Crippen molar-refractivity contribution in [3.8, 4) is 0 Å². The van der Waals surface area contributed by atoms with Gasteiger partial charge < -0.3 is 5.32 Å². The number of anilines is 1. The Morgan fingerprint density at radius 3 is 2.56 bits per heavy atom. The molecule has 0 fully saturated rings. The van der Waals surface area contributed by atoms with Crippen LogP contribution in [0.1, 0.15) is 10.4 Å². The first-order valence-electron chi connectivity index (χ1n) is 4.95. The fourth-order valence-electron chi connectivity index (χ4n) is 1.32. The summed E-state index contributed by atoms with van der Waals surface area (Å²) in [7, 11) is 0. The number of amides is 1. The number of nitrogens with one attached hydrogen (secondary N) is 1. The Morgan fingerprint density at radius 1 is 1.22 bits per heavy atom. The van der Waals surface area contributed by atoms with Gasteiger partial charge in [0, 0.05) is 11.9 Å². The van der Waals surface area contributed by atoms with Gasteiger partial charge >= 0.3 is 0 Å². The van der Waals surface area contributed by atoms with Crippen LogP contribution in [0.4, 0.5) is 14.5 Å². The van der Waals surface area contributed by atoms with Crippen LogP contribution >= 0.6 is 11.6 Å². The van der Waals surface area contributed by atoms with Crippen molar-refractivity contribution >= 4 is 23.2 Å². The maximum Gasteiger partial charge on any atom is 0.258 e. The number of nitrogens with zero attached hydrogens (tertiary/aromatic N) is 1. The number of rotatable bonds is 2. The van der Waals surface area contributed by atoms with E-state index in [4.69, 9.17) is 11.6 Å². The van der Waals surface area contributed by atoms with Crippen molar-refractivity contribution in [2.24, 2.45) is 0 Å². The number of aromatic nitrogens is 1. The molecule has 1 aromatic carbocycles. The summed E-state index contributed by atoms with van der Waals surface area (Å²) in [5, 5.41) is 1.91. The molecule has 0 radical (unpaired) electrons. The number of hydrogen-bond acceptors (Lipinski definition) is 2. The standard InChI is InChI=1S/C12H7ClF2N2O/c13-9-8(6-16-11(15)10(9)14)12(18)17-7-4-2-1-3-5-7/h1-6H,(H,17,18). The van der Waals surface area contributed by atoms with E-state index in [1.54, 1.807) is 30.3 Å². The van der Waals surface area contributed by atoms with Crippen LogP contribution in [0.25, 0.3) is 0 Å². The minimum absolute atomic E-state index is 0.223. The largest absolute Gasteiger partial charge is 0.322 e. The molecular formula is C12H7ClF2N2O. The Hall–Kier alpha value is -2.01. The maximum absolute atomic E-state index is 13.1. The van der Waals surface area contributed by atoms with E-state index in [-0.39, 0.29) is 5.56 Å². The van der Waals surface area contributed by atoms with Crippen LogP contribution in [-0.2, 0) is 0 Å². The van der Waals surface area contributed by atoms with Gasteiger partial charge in [-0.3, -0.25) is 4.79 Å². The first-order chi connectivity index (χ1) is 8.59. The molecule has 0 spiro atoms. The number of halogens is 3. The predicted octanol–water partition coefficient (Wildman–Crippen LogP) is 3.27. The molecule has 1 amide bonds. The molecule has 6 heteroatoms. The number of hydrogen-bond donors (Lipinski definition) is 1. The summed E-state index contributed by atoms with van der Waals surface area (Å²) < 4.78 is 25.9. The van der Waals surface area contributed by atoms with Gasteiger partial charge in [-0.15, -0.1) is 0 Å². The van der Waals surface area contributed by atoms with Crippen LogP contribution in [0.5, 0.6) is 0 Å². The highest BCUT2D eigenvalue weighted by Gasteiger charge is 2.18. The molecule has 0 atom stereocenters. The van der Waals surface area contributed by atoms with E-state index in [2.05, 4.69) is 10.3 Å². The molecule has 18 heavy (non-hydrogen) atoms. The zero-order valence-electron chi connectivity index (χ0n) is 8.95. The van der Waals surface area contributed by atoms with Crippen molar-refractivity contribution in [2.45, 2.75) is 0 Å². The molecule has 0 aliphatic carbocycles. The molecule has 92 valence electrons. The van der Waals surface area contributed by atoms with E-state index < -0.39 is 22.7 Å². The van der Waals surface area contributed by atoms with Crippen molar-refractivity contribution in [2.75, 3.05) is 5.32 Å². The minimum atomic E-state index is -1.34. The van der Waals surface area contributed by atoms with Crippen LogP contribution in [0.2, 0.25) is 5.02 Å². The number of para-hydroxylation sites is 1. The molecule has 1 N–H and O–H groups in total. The first-order valence-corrected chi connectivity index (χ1v) is 5.33. The van der Waals surface area contributed by atoms with Gasteiger partial charge in [-0.2, -0.15) is 4.39 Å². The second-order valence-electron chi connectivity index (χ2n) is 3.41. The first kappa shape index (κ1) is 12.4. The van der Waals surface area contributed by atoms with E-state index in [0.29, 0.717) is 5.69 Å². The normalized spacial score (nSPS) is 10.2. The second-order valence-corrected chi connectivity index (χ2v) is 3.79. The van der Waals surface area contributed by atoms with Gasteiger partial charge in [-0.25, -0.2) is 9.37 Å². The molecule has 0 saturated carbocycles. The number of pyridine rings is 1. The van der Waals surface area contributed by atoms with Gasteiger partial charge in [0.1, 0.15) is 0 Å². The summed E-state index contributed by atoms with van der Waals surface area (Å²) in [6.07, 6.45) is 0.888. The third kappa shape index (κ3) is 2.46. The van der Waals surface area contributed by atoms with Crippen molar-refractivity contribution in [1.29, 1.82) is 0 Å². The molecule has 0 saturated heterocycles. The number of carbonyl (C=O) groups is 1. The van der Waals surface area contributed by atoms with Crippen LogP contribution in [0.15, 0.2) is 36.5 Å². The lowest BCUT2D eigenvalue weighted by Gasteiger charge is -2.06. The van der Waals surface area contributed by atoms with E-state index in [9.17, 15) is 13.6 Å². The highest BCUT2D eigenvalue weighted by molar-refractivity contribution is 6.34. The van der Waals surface area contributed by atoms with Crippen molar-refractivity contribution in [3.05, 3.63) is 58.9 Å². The molecule has 0 bridgehead atoms. The molecule has 0 aliphatic heterocycles. The fourth-order valence-corrected chi connectivity index (χ4v) is 1.53. The van der Waals surface area contributed by atoms with E-state index in [0.717, 1.165) is 6.20 Å². The Morgan fingerprint density at radius 2 is 1.89 bits per heavy atom. The third-order valence-corrected chi connectivity index (χ3v) is 2.56. The van der Waals surface area contributed by atoms with E-state index >= 15 is 0 Å². The Labute approximate surface area is 106 Å². The van der Waals surface area contributed by atoms with Crippen LogP contribution in [0.3, 0.4) is 0 Å². The molecule has 1 heterocycles. The van der Waals surface area contributed by atoms with E-state index in [1.165, 1.54) is 0 Å². The van der Waals surface area contributed by atoms with Crippen molar-refractivity contribution < 1.29 is 13.6 Å². The lowest BCUT2D eigenvalue weighted by molar-refractivity contribution is 0.102. The zero-order chi connectivity index (χ0) is 13.1. The highest BCUT2D eigenvalue weighted by Crippen LogP contribution is 2.21. The van der Waals surface area contributed by atoms with Crippen molar-refractivity contribution in [3.63, 3.8) is 0 Å². The smallest absolute Gasteiger partial charge is 0.258 e. The van der Waals surface area contributed by atoms with Crippen LogP contribution in [-0.4, -0.2) is 10.9 Å². The second kappa shape index (κ2) is 5.10. The fraction of sp³-hybridized carbons (Fsp3) is 0. The summed E-state index contributed by atoms with van der Waals surface area (Å²) in [6, 6.07) is 8.53. The molecule has 2 aromatic rings. The van der Waals surface area contributed by atoms with Gasteiger partial charge in [0.2, 0.25) is 0 Å². The summed E-state index contributed by atoms with van der Waals surface area (Å²) in [6.45, 7) is 0. The summed E-state index contributed by atoms with van der Waals surface area (Å²) in [4.78, 5) is 14.9. The van der Waals surface area contributed by atoms with Gasteiger partial charge in [0.15, 0.2) is 5.82 Å². The Balaban J connectivity index is 2.28.